The van der Waals surface area contributed by atoms with Crippen molar-refractivity contribution in [1.29, 1.82) is 0 Å². The second-order valence-electron chi connectivity index (χ2n) is 12.4. The molecule has 3 aromatic rings. The van der Waals surface area contributed by atoms with Gasteiger partial charge in [0.15, 0.2) is 5.82 Å². The second-order valence-corrected chi connectivity index (χ2v) is 12.4. The number of carbonyl (C=O) groups is 3. The van der Waals surface area contributed by atoms with E-state index in [0.717, 1.165) is 29.5 Å². The smallest absolute Gasteiger partial charge is 0.410 e. The van der Waals surface area contributed by atoms with Crippen LogP contribution in [-0.4, -0.2) is 73.4 Å². The molecule has 1 N–H and O–H groups in total. The van der Waals surface area contributed by atoms with Crippen molar-refractivity contribution in [3.05, 3.63) is 77.9 Å². The molecule has 3 heterocycles. The number of amides is 3. The van der Waals surface area contributed by atoms with Gasteiger partial charge in [0, 0.05) is 55.5 Å². The van der Waals surface area contributed by atoms with Gasteiger partial charge in [0.2, 0.25) is 5.91 Å². The van der Waals surface area contributed by atoms with E-state index in [0.29, 0.717) is 37.3 Å². The molecule has 1 aromatic carbocycles. The summed E-state index contributed by atoms with van der Waals surface area (Å²) in [6.45, 7) is 8.66. The summed E-state index contributed by atoms with van der Waals surface area (Å²) in [4.78, 5) is 55.4. The van der Waals surface area contributed by atoms with Gasteiger partial charge in [-0.25, -0.2) is 14.8 Å². The molecule has 2 aliphatic rings. The lowest BCUT2D eigenvalue weighted by atomic mass is 10.0. The van der Waals surface area contributed by atoms with Crippen LogP contribution in [0.2, 0.25) is 0 Å². The molecule has 1 aliphatic heterocycles. The first-order chi connectivity index (χ1) is 20.6. The second kappa shape index (κ2) is 12.9. The molecule has 3 amide bonds. The number of rotatable bonds is 8. The largest absolute Gasteiger partial charge is 0.444 e. The van der Waals surface area contributed by atoms with Gasteiger partial charge in [0.1, 0.15) is 5.60 Å². The predicted molar refractivity (Wildman–Crippen MR) is 162 cm³/mol. The number of nitrogens with zero attached hydrogens (tertiary/aromatic N) is 5. The number of nitrogens with one attached hydrogen (secondary N) is 1. The van der Waals surface area contributed by atoms with E-state index in [2.05, 4.69) is 20.3 Å². The zero-order valence-electron chi connectivity index (χ0n) is 25.3. The number of pyridine rings is 1. The molecule has 5 rings (SSSR count). The van der Waals surface area contributed by atoms with Gasteiger partial charge in [0.05, 0.1) is 18.0 Å². The van der Waals surface area contributed by atoms with Gasteiger partial charge in [-0.1, -0.05) is 24.3 Å². The molecule has 1 unspecified atom stereocenters. The lowest BCUT2D eigenvalue weighted by Crippen LogP contribution is -2.50. The highest BCUT2D eigenvalue weighted by Gasteiger charge is 2.40. The fourth-order valence-corrected chi connectivity index (χ4v) is 5.36. The van der Waals surface area contributed by atoms with Crippen LogP contribution >= 0.6 is 0 Å². The van der Waals surface area contributed by atoms with Crippen molar-refractivity contribution in [3.63, 3.8) is 0 Å². The summed E-state index contributed by atoms with van der Waals surface area (Å²) < 4.78 is 5.52. The number of likely N-dealkylation sites (tertiary alicyclic amines) is 1. The number of aromatic nitrogens is 3. The molecule has 226 valence electrons. The standard InChI is InChI=1S/C33H40N6O4/c1-22(24-11-15-34-16-12-24)37-29(40)19-23-5-7-25(8-6-23)30-35-20-26(21-36-30)31(41)39(27-9-10-27)28-13-17-38(18-14-28)32(42)43-33(2,3)4/h5-8,11-12,15-16,20-22,27-28H,9-10,13-14,17-19H2,1-4H3,(H,37,40). The molecular formula is C33H40N6O4. The summed E-state index contributed by atoms with van der Waals surface area (Å²) >= 11 is 0. The van der Waals surface area contributed by atoms with Crippen molar-refractivity contribution in [2.45, 2.75) is 83.5 Å². The highest BCUT2D eigenvalue weighted by Crippen LogP contribution is 2.33. The zero-order valence-corrected chi connectivity index (χ0v) is 25.3. The zero-order chi connectivity index (χ0) is 30.6. The maximum Gasteiger partial charge on any atom is 0.410 e. The lowest BCUT2D eigenvalue weighted by Gasteiger charge is -2.39. The average molecular weight is 585 g/mol. The summed E-state index contributed by atoms with van der Waals surface area (Å²) in [5.74, 6) is 0.390. The highest BCUT2D eigenvalue weighted by molar-refractivity contribution is 5.94. The van der Waals surface area contributed by atoms with Crippen LogP contribution in [0.15, 0.2) is 61.2 Å². The topological polar surface area (TPSA) is 118 Å². The van der Waals surface area contributed by atoms with Gasteiger partial charge in [-0.2, -0.15) is 0 Å². The van der Waals surface area contributed by atoms with Crippen LogP contribution in [0, 0.1) is 0 Å². The molecular weight excluding hydrogens is 544 g/mol. The van der Waals surface area contributed by atoms with Gasteiger partial charge >= 0.3 is 6.09 Å². The Balaban J connectivity index is 1.16. The normalized spacial score (nSPS) is 16.3. The maximum absolute atomic E-state index is 13.6. The summed E-state index contributed by atoms with van der Waals surface area (Å²) in [5, 5.41) is 3.02. The fourth-order valence-electron chi connectivity index (χ4n) is 5.36. The van der Waals surface area contributed by atoms with E-state index >= 15 is 0 Å². The summed E-state index contributed by atoms with van der Waals surface area (Å²) in [6, 6.07) is 11.5. The minimum absolute atomic E-state index is 0.0628. The first kappa shape index (κ1) is 30.1. The molecule has 0 bridgehead atoms. The third-order valence-electron chi connectivity index (χ3n) is 7.74. The van der Waals surface area contributed by atoms with Crippen molar-refractivity contribution in [2.24, 2.45) is 0 Å². The predicted octanol–water partition coefficient (Wildman–Crippen LogP) is 4.96. The molecule has 0 radical (unpaired) electrons. The molecule has 1 aliphatic carbocycles. The van der Waals surface area contributed by atoms with E-state index in [1.54, 1.807) is 29.7 Å². The van der Waals surface area contributed by atoms with Crippen LogP contribution in [0.5, 0.6) is 0 Å². The number of ether oxygens (including phenoxy) is 1. The van der Waals surface area contributed by atoms with Crippen molar-refractivity contribution >= 4 is 17.9 Å². The van der Waals surface area contributed by atoms with Crippen molar-refractivity contribution in [1.82, 2.24) is 30.1 Å². The van der Waals surface area contributed by atoms with E-state index in [1.165, 1.54) is 0 Å². The number of piperidine rings is 1. The molecule has 43 heavy (non-hydrogen) atoms. The van der Waals surface area contributed by atoms with Gasteiger partial charge in [0.25, 0.3) is 5.91 Å². The van der Waals surface area contributed by atoms with Crippen LogP contribution in [0.3, 0.4) is 0 Å². The summed E-state index contributed by atoms with van der Waals surface area (Å²) in [7, 11) is 0. The van der Waals surface area contributed by atoms with Crippen molar-refractivity contribution in [3.8, 4) is 11.4 Å². The van der Waals surface area contributed by atoms with Crippen molar-refractivity contribution < 1.29 is 19.1 Å². The fraction of sp³-hybridized carbons (Fsp3) is 0.455. The SMILES string of the molecule is CC(NC(=O)Cc1ccc(-c2ncc(C(=O)N(C3CC3)C3CCN(C(=O)OC(C)(C)C)CC3)cn2)cc1)c1ccncc1. The van der Waals surface area contributed by atoms with Crippen LogP contribution in [-0.2, 0) is 16.0 Å². The third kappa shape index (κ3) is 7.94. The Morgan fingerprint density at radius 1 is 0.953 bits per heavy atom. The Bertz CT molecular complexity index is 1410. The van der Waals surface area contributed by atoms with E-state index in [-0.39, 0.29) is 42.5 Å². The lowest BCUT2D eigenvalue weighted by molar-refractivity contribution is -0.121. The number of carbonyl (C=O) groups excluding carboxylic acids is 3. The molecule has 2 aromatic heterocycles. The minimum atomic E-state index is -0.533. The summed E-state index contributed by atoms with van der Waals surface area (Å²) in [5.41, 5.74) is 2.62. The van der Waals surface area contributed by atoms with E-state index in [9.17, 15) is 14.4 Å². The molecule has 10 heteroatoms. The number of benzene rings is 1. The molecule has 1 saturated carbocycles. The molecule has 0 spiro atoms. The summed E-state index contributed by atoms with van der Waals surface area (Å²) in [6.07, 6.45) is 9.99. The number of hydrogen-bond acceptors (Lipinski definition) is 7. The van der Waals surface area contributed by atoms with Gasteiger partial charge in [-0.05, 0) is 76.6 Å². The molecule has 1 atom stereocenters. The first-order valence-corrected chi connectivity index (χ1v) is 15.0. The monoisotopic (exact) mass is 584 g/mol. The maximum atomic E-state index is 13.6. The van der Waals surface area contributed by atoms with Gasteiger partial charge in [-0.15, -0.1) is 0 Å². The van der Waals surface area contributed by atoms with Gasteiger partial charge in [-0.3, -0.25) is 14.6 Å². The minimum Gasteiger partial charge on any atom is -0.444 e. The molecule has 10 nitrogen and oxygen atoms in total. The number of hydrogen-bond donors (Lipinski definition) is 1. The van der Waals surface area contributed by atoms with E-state index < -0.39 is 5.60 Å². The Kier molecular flexibility index (Phi) is 9.03. The molecule has 2 fully saturated rings. The Labute approximate surface area is 252 Å². The quantitative estimate of drug-likeness (QED) is 0.398. The Morgan fingerprint density at radius 2 is 1.56 bits per heavy atom. The van der Waals surface area contributed by atoms with Crippen LogP contribution in [0.25, 0.3) is 11.4 Å². The van der Waals surface area contributed by atoms with E-state index in [1.807, 2.05) is 69.0 Å². The first-order valence-electron chi connectivity index (χ1n) is 15.0. The average Bonchev–Trinajstić information content (AvgIpc) is 3.83. The highest BCUT2D eigenvalue weighted by atomic mass is 16.6. The van der Waals surface area contributed by atoms with E-state index in [4.69, 9.17) is 4.74 Å². The Morgan fingerprint density at radius 3 is 2.14 bits per heavy atom. The van der Waals surface area contributed by atoms with Crippen LogP contribution in [0.4, 0.5) is 4.79 Å². The van der Waals surface area contributed by atoms with Crippen LogP contribution in [0.1, 0.15) is 80.9 Å². The molecule has 1 saturated heterocycles. The Hall–Kier alpha value is -4.34. The third-order valence-corrected chi connectivity index (χ3v) is 7.74. The van der Waals surface area contributed by atoms with Crippen molar-refractivity contribution in [2.75, 3.05) is 13.1 Å². The van der Waals surface area contributed by atoms with Crippen LogP contribution < -0.4 is 5.32 Å². The van der Waals surface area contributed by atoms with Gasteiger partial charge < -0.3 is 19.9 Å².